The molecule has 1 saturated heterocycles. The lowest BCUT2D eigenvalue weighted by molar-refractivity contribution is -0.124. The van der Waals surface area contributed by atoms with Crippen molar-refractivity contribution in [1.29, 1.82) is 0 Å². The number of hydrogen-bond donors (Lipinski definition) is 2. The molecular weight excluding hydrogens is 354 g/mol. The zero-order chi connectivity index (χ0) is 19.9. The normalized spacial score (nSPS) is 17.8. The van der Waals surface area contributed by atoms with Gasteiger partial charge in [0.25, 0.3) is 0 Å². The fourth-order valence-corrected chi connectivity index (χ4v) is 3.57. The van der Waals surface area contributed by atoms with E-state index in [1.54, 1.807) is 0 Å². The number of benzene rings is 2. The molecule has 0 radical (unpaired) electrons. The van der Waals surface area contributed by atoms with Gasteiger partial charge in [-0.25, -0.2) is 0 Å². The van der Waals surface area contributed by atoms with Crippen molar-refractivity contribution in [2.24, 2.45) is 5.73 Å². The van der Waals surface area contributed by atoms with Gasteiger partial charge in [-0.15, -0.1) is 0 Å². The lowest BCUT2D eigenvalue weighted by Gasteiger charge is -2.38. The summed E-state index contributed by atoms with van der Waals surface area (Å²) < 4.78 is 5.66. The Labute approximate surface area is 166 Å². The first kappa shape index (κ1) is 20.3. The quantitative estimate of drug-likeness (QED) is 0.724. The third-order valence-electron chi connectivity index (χ3n) is 5.09. The van der Waals surface area contributed by atoms with Gasteiger partial charge >= 0.3 is 0 Å². The maximum atomic E-state index is 12.0. The molecule has 0 spiro atoms. The van der Waals surface area contributed by atoms with E-state index in [0.717, 1.165) is 37.5 Å². The number of carbonyl (C=O) groups is 1. The molecule has 1 aliphatic heterocycles. The molecule has 1 amide bonds. The molecule has 2 aromatic carbocycles. The highest BCUT2D eigenvalue weighted by Crippen LogP contribution is 2.22. The predicted octanol–water partition coefficient (Wildman–Crippen LogP) is 1.58. The third kappa shape index (κ3) is 5.55. The number of aryl methyl sites for hydroxylation is 1. The second kappa shape index (κ2) is 9.68. The Balaban J connectivity index is 1.46. The van der Waals surface area contributed by atoms with Crippen LogP contribution in [0.1, 0.15) is 17.2 Å². The van der Waals surface area contributed by atoms with Gasteiger partial charge in [0.2, 0.25) is 5.91 Å². The van der Waals surface area contributed by atoms with Crippen molar-refractivity contribution in [1.82, 2.24) is 9.80 Å². The van der Waals surface area contributed by atoms with Crippen LogP contribution in [0, 0.1) is 6.92 Å². The molecule has 2 aromatic rings. The zero-order valence-electron chi connectivity index (χ0n) is 16.3. The van der Waals surface area contributed by atoms with Crippen LogP contribution in [0.2, 0.25) is 0 Å². The van der Waals surface area contributed by atoms with Crippen LogP contribution in [0.4, 0.5) is 0 Å². The summed E-state index contributed by atoms with van der Waals surface area (Å²) in [4.78, 5) is 16.3. The van der Waals surface area contributed by atoms with Gasteiger partial charge in [0, 0.05) is 32.7 Å². The number of nitrogens with zero attached hydrogens (tertiary/aromatic N) is 2. The van der Waals surface area contributed by atoms with Crippen molar-refractivity contribution in [3.63, 3.8) is 0 Å². The SMILES string of the molecule is Cc1ccc(OCC(O)CN2CCN(C(C(N)=O)c3ccccc3)CC2)cc1. The lowest BCUT2D eigenvalue weighted by Crippen LogP contribution is -2.52. The number of amides is 1. The van der Waals surface area contributed by atoms with Crippen LogP contribution >= 0.6 is 0 Å². The van der Waals surface area contributed by atoms with Gasteiger partial charge in [-0.1, -0.05) is 48.0 Å². The van der Waals surface area contributed by atoms with E-state index >= 15 is 0 Å². The van der Waals surface area contributed by atoms with E-state index in [-0.39, 0.29) is 12.5 Å². The van der Waals surface area contributed by atoms with Crippen molar-refractivity contribution < 1.29 is 14.6 Å². The third-order valence-corrected chi connectivity index (χ3v) is 5.09. The standard InChI is InChI=1S/C22H29N3O3/c1-17-7-9-20(10-8-17)28-16-19(26)15-24-11-13-25(14-12-24)21(22(23)27)18-5-3-2-4-6-18/h2-10,19,21,26H,11-16H2,1H3,(H2,23,27). The van der Waals surface area contributed by atoms with E-state index in [2.05, 4.69) is 9.80 Å². The number of primary amides is 1. The average molecular weight is 383 g/mol. The summed E-state index contributed by atoms with van der Waals surface area (Å²) in [7, 11) is 0. The van der Waals surface area contributed by atoms with E-state index in [0.29, 0.717) is 6.54 Å². The summed E-state index contributed by atoms with van der Waals surface area (Å²) in [5.41, 5.74) is 7.77. The Morgan fingerprint density at radius 1 is 1.07 bits per heavy atom. The summed E-state index contributed by atoms with van der Waals surface area (Å²) >= 11 is 0. The van der Waals surface area contributed by atoms with Gasteiger partial charge in [-0.2, -0.15) is 0 Å². The number of nitrogens with two attached hydrogens (primary N) is 1. The Morgan fingerprint density at radius 3 is 2.32 bits per heavy atom. The van der Waals surface area contributed by atoms with Gasteiger partial charge in [0.15, 0.2) is 0 Å². The fourth-order valence-electron chi connectivity index (χ4n) is 3.57. The number of ether oxygens (including phenoxy) is 1. The summed E-state index contributed by atoms with van der Waals surface area (Å²) in [5, 5.41) is 10.3. The van der Waals surface area contributed by atoms with E-state index in [9.17, 15) is 9.90 Å². The number of carbonyl (C=O) groups excluding carboxylic acids is 1. The van der Waals surface area contributed by atoms with Crippen LogP contribution < -0.4 is 10.5 Å². The predicted molar refractivity (Wildman–Crippen MR) is 109 cm³/mol. The Kier molecular flexibility index (Phi) is 7.03. The van der Waals surface area contributed by atoms with Crippen molar-refractivity contribution >= 4 is 5.91 Å². The number of aliphatic hydroxyl groups is 1. The first-order chi connectivity index (χ1) is 13.5. The monoisotopic (exact) mass is 383 g/mol. The molecule has 0 bridgehead atoms. The van der Waals surface area contributed by atoms with Crippen molar-refractivity contribution in [2.75, 3.05) is 39.3 Å². The molecule has 0 saturated carbocycles. The minimum Gasteiger partial charge on any atom is -0.491 e. The topological polar surface area (TPSA) is 79.0 Å². The maximum absolute atomic E-state index is 12.0. The molecule has 3 rings (SSSR count). The average Bonchev–Trinajstić information content (AvgIpc) is 2.70. The number of rotatable bonds is 8. The van der Waals surface area contributed by atoms with Crippen molar-refractivity contribution in [3.05, 3.63) is 65.7 Å². The zero-order valence-corrected chi connectivity index (χ0v) is 16.3. The summed E-state index contributed by atoms with van der Waals surface area (Å²) in [6, 6.07) is 17.0. The van der Waals surface area contributed by atoms with Crippen LogP contribution in [0.15, 0.2) is 54.6 Å². The lowest BCUT2D eigenvalue weighted by atomic mass is 10.0. The van der Waals surface area contributed by atoms with E-state index in [1.807, 2.05) is 61.5 Å². The molecular formula is C22H29N3O3. The number of β-amino-alcohol motifs (C(OH)–C–C–N with tert-alkyl or cyclic N) is 1. The van der Waals surface area contributed by atoms with E-state index in [1.165, 1.54) is 5.56 Å². The van der Waals surface area contributed by atoms with Gasteiger partial charge in [-0.3, -0.25) is 14.6 Å². The molecule has 150 valence electrons. The molecule has 6 heteroatoms. The second-order valence-electron chi connectivity index (χ2n) is 7.33. The van der Waals surface area contributed by atoms with E-state index < -0.39 is 12.1 Å². The van der Waals surface area contributed by atoms with Gasteiger partial charge in [0.05, 0.1) is 0 Å². The van der Waals surface area contributed by atoms with Crippen LogP contribution in [0.3, 0.4) is 0 Å². The highest BCUT2D eigenvalue weighted by Gasteiger charge is 2.29. The maximum Gasteiger partial charge on any atom is 0.239 e. The minimum absolute atomic E-state index is 0.261. The summed E-state index contributed by atoms with van der Waals surface area (Å²) in [6.45, 7) is 5.85. The van der Waals surface area contributed by atoms with Gasteiger partial charge in [0.1, 0.15) is 24.5 Å². The van der Waals surface area contributed by atoms with Crippen LogP contribution in [-0.4, -0.2) is 66.2 Å². The van der Waals surface area contributed by atoms with Gasteiger partial charge in [-0.05, 0) is 24.6 Å². The van der Waals surface area contributed by atoms with Crippen LogP contribution in [0.25, 0.3) is 0 Å². The smallest absolute Gasteiger partial charge is 0.239 e. The Hall–Kier alpha value is -2.41. The Morgan fingerprint density at radius 2 is 1.71 bits per heavy atom. The highest BCUT2D eigenvalue weighted by molar-refractivity contribution is 5.81. The summed E-state index contributed by atoms with van der Waals surface area (Å²) in [6.07, 6.45) is -0.561. The number of aliphatic hydroxyl groups excluding tert-OH is 1. The number of hydrogen-bond acceptors (Lipinski definition) is 5. The number of piperazine rings is 1. The van der Waals surface area contributed by atoms with Crippen LogP contribution in [0.5, 0.6) is 5.75 Å². The van der Waals surface area contributed by atoms with Gasteiger partial charge < -0.3 is 15.6 Å². The molecule has 1 heterocycles. The molecule has 6 nitrogen and oxygen atoms in total. The Bertz CT molecular complexity index is 743. The molecule has 28 heavy (non-hydrogen) atoms. The molecule has 0 aromatic heterocycles. The fraction of sp³-hybridized carbons (Fsp3) is 0.409. The summed E-state index contributed by atoms with van der Waals surface area (Å²) in [5.74, 6) is 0.438. The molecule has 3 N–H and O–H groups in total. The largest absolute Gasteiger partial charge is 0.491 e. The molecule has 0 aliphatic carbocycles. The first-order valence-corrected chi connectivity index (χ1v) is 9.71. The molecule has 2 atom stereocenters. The van der Waals surface area contributed by atoms with Crippen molar-refractivity contribution in [3.8, 4) is 5.75 Å². The first-order valence-electron chi connectivity index (χ1n) is 9.71. The molecule has 2 unspecified atom stereocenters. The van der Waals surface area contributed by atoms with Crippen LogP contribution in [-0.2, 0) is 4.79 Å². The van der Waals surface area contributed by atoms with E-state index in [4.69, 9.17) is 10.5 Å². The molecule has 1 fully saturated rings. The minimum atomic E-state index is -0.561. The van der Waals surface area contributed by atoms with Crippen molar-refractivity contribution in [2.45, 2.75) is 19.1 Å². The molecule has 1 aliphatic rings. The second-order valence-corrected chi connectivity index (χ2v) is 7.33. The highest BCUT2D eigenvalue weighted by atomic mass is 16.5.